The molecule has 0 saturated heterocycles. The molecule has 0 aliphatic heterocycles. The van der Waals surface area contributed by atoms with Gasteiger partial charge in [0.25, 0.3) is 10.0 Å². The van der Waals surface area contributed by atoms with Crippen molar-refractivity contribution in [2.24, 2.45) is 0 Å². The summed E-state index contributed by atoms with van der Waals surface area (Å²) in [6.07, 6.45) is 1.11. The summed E-state index contributed by atoms with van der Waals surface area (Å²) in [4.78, 5) is 4.25. The molecule has 3 rings (SSSR count). The Labute approximate surface area is 160 Å². The van der Waals surface area contributed by atoms with Crippen molar-refractivity contribution in [2.45, 2.75) is 9.79 Å². The molecule has 0 radical (unpaired) electrons. The van der Waals surface area contributed by atoms with Crippen LogP contribution in [0.15, 0.2) is 46.2 Å². The molecule has 0 atom stereocenters. The van der Waals surface area contributed by atoms with Crippen molar-refractivity contribution >= 4 is 46.5 Å². The van der Waals surface area contributed by atoms with Crippen LogP contribution in [0.1, 0.15) is 0 Å². The fourth-order valence-corrected chi connectivity index (χ4v) is 5.39. The second-order valence-electron chi connectivity index (χ2n) is 5.54. The number of aromatic nitrogens is 1. The number of hydrogen-bond donors (Lipinski definition) is 1. The predicted molar refractivity (Wildman–Crippen MR) is 103 cm³/mol. The van der Waals surface area contributed by atoms with Gasteiger partial charge in [0.15, 0.2) is 15.0 Å². The normalized spacial score (nSPS) is 12.1. The highest BCUT2D eigenvalue weighted by Gasteiger charge is 2.22. The molecule has 0 unspecified atom stereocenters. The number of nitrogens with zero attached hydrogens (tertiary/aromatic N) is 1. The summed E-state index contributed by atoms with van der Waals surface area (Å²) in [5.74, 6) is 0.516. The first-order valence-corrected chi connectivity index (χ1v) is 11.7. The van der Waals surface area contributed by atoms with Crippen molar-refractivity contribution in [3.63, 3.8) is 0 Å². The molecule has 8 nitrogen and oxygen atoms in total. The molecule has 1 aromatic heterocycles. The summed E-state index contributed by atoms with van der Waals surface area (Å²) in [6, 6.07) is 8.85. The van der Waals surface area contributed by atoms with E-state index < -0.39 is 19.9 Å². The van der Waals surface area contributed by atoms with Crippen LogP contribution in [-0.4, -0.2) is 42.3 Å². The van der Waals surface area contributed by atoms with Gasteiger partial charge < -0.3 is 9.47 Å². The van der Waals surface area contributed by atoms with Crippen LogP contribution in [0.5, 0.6) is 11.5 Å². The third-order valence-corrected chi connectivity index (χ3v) is 7.20. The van der Waals surface area contributed by atoms with Gasteiger partial charge >= 0.3 is 0 Å². The summed E-state index contributed by atoms with van der Waals surface area (Å²) in [6.45, 7) is 0. The number of hydrogen-bond acceptors (Lipinski definition) is 8. The number of sulfone groups is 1. The van der Waals surface area contributed by atoms with E-state index in [4.69, 9.17) is 9.47 Å². The number of thiazole rings is 1. The lowest BCUT2D eigenvalue weighted by atomic mass is 10.3. The molecular formula is C16H16N2O6S3. The molecule has 0 fully saturated rings. The number of fused-ring (bicyclic) bond motifs is 1. The van der Waals surface area contributed by atoms with Gasteiger partial charge in [0.1, 0.15) is 16.4 Å². The molecule has 1 heterocycles. The zero-order valence-electron chi connectivity index (χ0n) is 14.6. The molecule has 0 aliphatic rings. The molecule has 0 bridgehead atoms. The van der Waals surface area contributed by atoms with Gasteiger partial charge in [-0.05, 0) is 30.3 Å². The number of nitrogens with one attached hydrogen (secondary N) is 1. The van der Waals surface area contributed by atoms with Crippen molar-refractivity contribution in [3.05, 3.63) is 36.4 Å². The van der Waals surface area contributed by atoms with E-state index in [1.54, 1.807) is 6.07 Å². The van der Waals surface area contributed by atoms with E-state index in [9.17, 15) is 16.8 Å². The van der Waals surface area contributed by atoms with Gasteiger partial charge in [0, 0.05) is 12.3 Å². The first-order valence-electron chi connectivity index (χ1n) is 7.49. The van der Waals surface area contributed by atoms with Crippen LogP contribution in [-0.2, 0) is 19.9 Å². The molecule has 0 saturated carbocycles. The Balaban J connectivity index is 2.01. The zero-order chi connectivity index (χ0) is 19.8. The standard InChI is InChI=1S/C16H16N2O6S3/c1-23-10-4-7-13(24-2)15(8-10)27(21,22)18-16-17-12-6-5-11(26(3,19)20)9-14(12)25-16/h4-9H,1-3H3,(H,17,18). The highest BCUT2D eigenvalue weighted by atomic mass is 32.2. The number of benzene rings is 2. The van der Waals surface area contributed by atoms with Crippen LogP contribution >= 0.6 is 11.3 Å². The first-order chi connectivity index (χ1) is 12.6. The van der Waals surface area contributed by atoms with Gasteiger partial charge in [-0.3, -0.25) is 4.72 Å². The van der Waals surface area contributed by atoms with Crippen molar-refractivity contribution in [1.82, 2.24) is 4.98 Å². The van der Waals surface area contributed by atoms with Crippen LogP contribution in [0.4, 0.5) is 5.13 Å². The second-order valence-corrected chi connectivity index (χ2v) is 10.2. The lowest BCUT2D eigenvalue weighted by molar-refractivity contribution is 0.392. The molecule has 2 aromatic carbocycles. The first kappa shape index (κ1) is 19.4. The third-order valence-electron chi connectivity index (χ3n) is 3.67. The molecule has 1 N–H and O–H groups in total. The molecule has 0 spiro atoms. The maximum absolute atomic E-state index is 12.8. The van der Waals surface area contributed by atoms with Crippen molar-refractivity contribution in [3.8, 4) is 11.5 Å². The van der Waals surface area contributed by atoms with Gasteiger partial charge in [-0.1, -0.05) is 11.3 Å². The Morgan fingerprint density at radius 2 is 1.74 bits per heavy atom. The fourth-order valence-electron chi connectivity index (χ4n) is 2.34. The summed E-state index contributed by atoms with van der Waals surface area (Å²) in [7, 11) is -4.57. The van der Waals surface area contributed by atoms with Crippen LogP contribution in [0.3, 0.4) is 0 Å². The zero-order valence-corrected chi connectivity index (χ0v) is 17.0. The molecule has 144 valence electrons. The molecule has 0 aliphatic carbocycles. The highest BCUT2D eigenvalue weighted by molar-refractivity contribution is 7.93. The van der Waals surface area contributed by atoms with E-state index in [2.05, 4.69) is 9.71 Å². The minimum atomic E-state index is -4.00. The average Bonchev–Trinajstić information content (AvgIpc) is 3.00. The lowest BCUT2D eigenvalue weighted by Gasteiger charge is -2.11. The third kappa shape index (κ3) is 3.99. The highest BCUT2D eigenvalue weighted by Crippen LogP contribution is 2.33. The van der Waals surface area contributed by atoms with Crippen LogP contribution in [0, 0.1) is 0 Å². The molecule has 27 heavy (non-hydrogen) atoms. The fraction of sp³-hybridized carbons (Fsp3) is 0.188. The van der Waals surface area contributed by atoms with Gasteiger partial charge in [-0.25, -0.2) is 21.8 Å². The van der Waals surface area contributed by atoms with Gasteiger partial charge in [-0.2, -0.15) is 0 Å². The van der Waals surface area contributed by atoms with Crippen LogP contribution in [0.25, 0.3) is 10.2 Å². The van der Waals surface area contributed by atoms with Gasteiger partial charge in [-0.15, -0.1) is 0 Å². The molecule has 11 heteroatoms. The number of ether oxygens (including phenoxy) is 2. The lowest BCUT2D eigenvalue weighted by Crippen LogP contribution is -2.14. The Hall–Kier alpha value is -2.37. The second kappa shape index (κ2) is 6.98. The summed E-state index contributed by atoms with van der Waals surface area (Å²) in [5, 5.41) is 0.112. The Morgan fingerprint density at radius 3 is 2.37 bits per heavy atom. The molecular weight excluding hydrogens is 412 g/mol. The number of sulfonamides is 1. The Kier molecular flexibility index (Phi) is 5.02. The van der Waals surface area contributed by atoms with Crippen molar-refractivity contribution in [1.29, 1.82) is 0 Å². The van der Waals surface area contributed by atoms with E-state index in [1.807, 2.05) is 0 Å². The summed E-state index contributed by atoms with van der Waals surface area (Å²) < 4.78 is 62.1. The monoisotopic (exact) mass is 428 g/mol. The van der Waals surface area contributed by atoms with Gasteiger partial charge in [0.05, 0.1) is 29.3 Å². The van der Waals surface area contributed by atoms with Crippen molar-refractivity contribution < 1.29 is 26.3 Å². The summed E-state index contributed by atoms with van der Waals surface area (Å²) in [5.41, 5.74) is 0.489. The van der Waals surface area contributed by atoms with E-state index in [1.165, 1.54) is 44.6 Å². The summed E-state index contributed by atoms with van der Waals surface area (Å²) >= 11 is 1.03. The largest absolute Gasteiger partial charge is 0.497 e. The maximum Gasteiger partial charge on any atom is 0.267 e. The maximum atomic E-state index is 12.8. The predicted octanol–water partition coefficient (Wildman–Crippen LogP) is 2.52. The minimum absolute atomic E-state index is 0.0968. The smallest absolute Gasteiger partial charge is 0.267 e. The molecule has 3 aromatic rings. The van der Waals surface area contributed by atoms with E-state index in [0.29, 0.717) is 16.0 Å². The van der Waals surface area contributed by atoms with E-state index >= 15 is 0 Å². The average molecular weight is 429 g/mol. The quantitative estimate of drug-likeness (QED) is 0.642. The number of methoxy groups -OCH3 is 2. The number of anilines is 1. The van der Waals surface area contributed by atoms with Crippen molar-refractivity contribution in [2.75, 3.05) is 25.2 Å². The Morgan fingerprint density at radius 1 is 1.00 bits per heavy atom. The van der Waals surface area contributed by atoms with Gasteiger partial charge in [0.2, 0.25) is 0 Å². The molecule has 0 amide bonds. The van der Waals surface area contributed by atoms with Crippen LogP contribution < -0.4 is 14.2 Å². The SMILES string of the molecule is COc1ccc(OC)c(S(=O)(=O)Nc2nc3ccc(S(C)(=O)=O)cc3s2)c1. The Bertz CT molecular complexity index is 1220. The minimum Gasteiger partial charge on any atom is -0.497 e. The number of rotatable bonds is 6. The van der Waals surface area contributed by atoms with E-state index in [-0.39, 0.29) is 20.7 Å². The van der Waals surface area contributed by atoms with Crippen LogP contribution in [0.2, 0.25) is 0 Å². The topological polar surface area (TPSA) is 112 Å². The van der Waals surface area contributed by atoms with E-state index in [0.717, 1.165) is 17.6 Å².